The van der Waals surface area contributed by atoms with E-state index in [0.717, 1.165) is 5.56 Å². The summed E-state index contributed by atoms with van der Waals surface area (Å²) in [6.45, 7) is 4.38. The molecule has 1 aliphatic heterocycles. The lowest BCUT2D eigenvalue weighted by Crippen LogP contribution is -2.24. The van der Waals surface area contributed by atoms with Crippen molar-refractivity contribution in [3.8, 4) is 22.8 Å². The van der Waals surface area contributed by atoms with E-state index in [9.17, 15) is 13.2 Å². The molecule has 1 amide bonds. The number of anilines is 1. The molecule has 2 heterocycles. The number of carbonyl (C=O) groups excluding carboxylic acids is 1. The topological polar surface area (TPSA) is 94.6 Å². The maximum absolute atomic E-state index is 11.8. The molecule has 0 spiro atoms. The quantitative estimate of drug-likeness (QED) is 0.772. The fraction of sp³-hybridized carbons (Fsp3) is 0.250. The number of hydrogen-bond donors (Lipinski definition) is 1. The van der Waals surface area contributed by atoms with Gasteiger partial charge < -0.3 is 14.8 Å². The van der Waals surface area contributed by atoms with E-state index in [1.807, 2.05) is 18.2 Å². The normalized spacial score (nSPS) is 13.3. The van der Waals surface area contributed by atoms with Gasteiger partial charge in [-0.3, -0.25) is 4.79 Å². The second-order valence-corrected chi connectivity index (χ2v) is 8.26. The van der Waals surface area contributed by atoms with E-state index in [4.69, 9.17) is 9.47 Å². The van der Waals surface area contributed by atoms with Crippen LogP contribution < -0.4 is 14.8 Å². The Morgan fingerprint density at radius 2 is 2.08 bits per heavy atom. The number of nitrogens with one attached hydrogen (secondary N) is 1. The maximum atomic E-state index is 11.8. The highest BCUT2D eigenvalue weighted by atomic mass is 32.2. The zero-order valence-electron chi connectivity index (χ0n) is 13.2. The average molecular weight is 380 g/mol. The predicted octanol–water partition coefficient (Wildman–Crippen LogP) is 2.12. The van der Waals surface area contributed by atoms with Crippen LogP contribution in [0.15, 0.2) is 36.2 Å². The van der Waals surface area contributed by atoms with Gasteiger partial charge in [-0.1, -0.05) is 6.08 Å². The highest BCUT2D eigenvalue weighted by Crippen LogP contribution is 2.35. The third kappa shape index (κ3) is 4.37. The number of amides is 1. The second-order valence-electron chi connectivity index (χ2n) is 5.29. The number of nitrogens with zero attached hydrogens (tertiary/aromatic N) is 1. The summed E-state index contributed by atoms with van der Waals surface area (Å²) in [5.74, 6) is -0.118. The molecule has 0 bridgehead atoms. The Balaban J connectivity index is 1.70. The van der Waals surface area contributed by atoms with Crippen LogP contribution in [0.25, 0.3) is 11.3 Å². The Labute approximate surface area is 149 Å². The van der Waals surface area contributed by atoms with Gasteiger partial charge >= 0.3 is 0 Å². The standard InChI is InChI=1S/C16H16N2O5S2/c1-2-7-25(20,21)10-15(19)18-16-17-12(9-24-16)11-3-4-13-14(8-11)23-6-5-22-13/h2-4,8-9H,1,5-7,10H2,(H,17,18,19). The third-order valence-corrected chi connectivity index (χ3v) is 5.51. The highest BCUT2D eigenvalue weighted by Gasteiger charge is 2.17. The highest BCUT2D eigenvalue weighted by molar-refractivity contribution is 7.92. The van der Waals surface area contributed by atoms with Crippen molar-refractivity contribution in [2.45, 2.75) is 0 Å². The molecule has 0 unspecified atom stereocenters. The molecule has 1 aromatic heterocycles. The van der Waals surface area contributed by atoms with Crippen molar-refractivity contribution in [3.05, 3.63) is 36.2 Å². The van der Waals surface area contributed by atoms with Gasteiger partial charge in [0.15, 0.2) is 26.5 Å². The number of rotatable bonds is 6. The molecule has 1 N–H and O–H groups in total. The summed E-state index contributed by atoms with van der Waals surface area (Å²) in [6, 6.07) is 5.48. The van der Waals surface area contributed by atoms with Crippen molar-refractivity contribution in [1.82, 2.24) is 4.98 Å². The lowest BCUT2D eigenvalue weighted by Gasteiger charge is -2.18. The lowest BCUT2D eigenvalue weighted by molar-refractivity contribution is -0.113. The second kappa shape index (κ2) is 7.24. The van der Waals surface area contributed by atoms with E-state index in [0.29, 0.717) is 35.5 Å². The molecule has 3 rings (SSSR count). The molecule has 2 aromatic rings. The van der Waals surface area contributed by atoms with Crippen molar-refractivity contribution in [1.29, 1.82) is 0 Å². The number of sulfone groups is 1. The number of fused-ring (bicyclic) bond motifs is 1. The monoisotopic (exact) mass is 380 g/mol. The Bertz CT molecular complexity index is 905. The fourth-order valence-electron chi connectivity index (χ4n) is 2.26. The van der Waals surface area contributed by atoms with Gasteiger partial charge in [0, 0.05) is 10.9 Å². The van der Waals surface area contributed by atoms with Crippen LogP contribution in [0.3, 0.4) is 0 Å². The third-order valence-electron chi connectivity index (χ3n) is 3.31. The number of hydrogen-bond acceptors (Lipinski definition) is 7. The summed E-state index contributed by atoms with van der Waals surface area (Å²) in [5, 5.41) is 4.62. The first-order chi connectivity index (χ1) is 12.0. The van der Waals surface area contributed by atoms with Gasteiger partial charge in [0.25, 0.3) is 0 Å². The largest absolute Gasteiger partial charge is 0.486 e. The smallest absolute Gasteiger partial charge is 0.241 e. The van der Waals surface area contributed by atoms with Gasteiger partial charge in [-0.15, -0.1) is 17.9 Å². The molecule has 1 aromatic carbocycles. The Kier molecular flexibility index (Phi) is 5.05. The zero-order valence-corrected chi connectivity index (χ0v) is 14.9. The Morgan fingerprint density at radius 1 is 1.32 bits per heavy atom. The van der Waals surface area contributed by atoms with Crippen LogP contribution in [0, 0.1) is 0 Å². The minimum absolute atomic E-state index is 0.235. The molecule has 0 aliphatic carbocycles. The summed E-state index contributed by atoms with van der Waals surface area (Å²) >= 11 is 1.22. The average Bonchev–Trinajstić information content (AvgIpc) is 3.02. The fourth-order valence-corrected chi connectivity index (χ4v) is 3.94. The van der Waals surface area contributed by atoms with Crippen molar-refractivity contribution >= 4 is 32.2 Å². The van der Waals surface area contributed by atoms with Gasteiger partial charge in [-0.25, -0.2) is 13.4 Å². The molecule has 7 nitrogen and oxygen atoms in total. The number of carbonyl (C=O) groups is 1. The van der Waals surface area contributed by atoms with Gasteiger partial charge in [-0.05, 0) is 18.2 Å². The van der Waals surface area contributed by atoms with Crippen LogP contribution in [0.1, 0.15) is 0 Å². The van der Waals surface area contributed by atoms with Crippen molar-refractivity contribution in [2.75, 3.05) is 30.0 Å². The van der Waals surface area contributed by atoms with Crippen LogP contribution in [0.4, 0.5) is 5.13 Å². The Hall–Kier alpha value is -2.39. The molecule has 1 aliphatic rings. The summed E-state index contributed by atoms with van der Waals surface area (Å²) in [4.78, 5) is 16.2. The molecule has 0 fully saturated rings. The molecule has 0 radical (unpaired) electrons. The van der Waals surface area contributed by atoms with E-state index >= 15 is 0 Å². The van der Waals surface area contributed by atoms with Crippen molar-refractivity contribution < 1.29 is 22.7 Å². The first-order valence-electron chi connectivity index (χ1n) is 7.43. The minimum Gasteiger partial charge on any atom is -0.486 e. The molecule has 0 saturated carbocycles. The van der Waals surface area contributed by atoms with Crippen LogP contribution >= 0.6 is 11.3 Å². The van der Waals surface area contributed by atoms with Crippen LogP contribution in [0.2, 0.25) is 0 Å². The summed E-state index contributed by atoms with van der Waals surface area (Å²) in [7, 11) is -3.49. The van der Waals surface area contributed by atoms with E-state index in [1.54, 1.807) is 5.38 Å². The van der Waals surface area contributed by atoms with Gasteiger partial charge in [0.1, 0.15) is 19.0 Å². The van der Waals surface area contributed by atoms with Crippen LogP contribution in [-0.2, 0) is 14.6 Å². The first kappa shape index (κ1) is 17.4. The van der Waals surface area contributed by atoms with Crippen molar-refractivity contribution in [3.63, 3.8) is 0 Å². The van der Waals surface area contributed by atoms with Gasteiger partial charge in [0.2, 0.25) is 5.91 Å². The zero-order chi connectivity index (χ0) is 17.9. The Morgan fingerprint density at radius 3 is 2.84 bits per heavy atom. The van der Waals surface area contributed by atoms with Crippen molar-refractivity contribution in [2.24, 2.45) is 0 Å². The lowest BCUT2D eigenvalue weighted by atomic mass is 10.1. The van der Waals surface area contributed by atoms with Gasteiger partial charge in [-0.2, -0.15) is 0 Å². The van der Waals surface area contributed by atoms with E-state index in [-0.39, 0.29) is 5.75 Å². The summed E-state index contributed by atoms with van der Waals surface area (Å²) in [5.41, 5.74) is 1.48. The number of benzene rings is 1. The number of ether oxygens (including phenoxy) is 2. The number of aromatic nitrogens is 1. The molecule has 132 valence electrons. The molecule has 9 heteroatoms. The molecule has 25 heavy (non-hydrogen) atoms. The summed E-state index contributed by atoms with van der Waals surface area (Å²) in [6.07, 6.45) is 1.26. The van der Waals surface area contributed by atoms with Gasteiger partial charge in [0.05, 0.1) is 11.4 Å². The minimum atomic E-state index is -3.49. The van der Waals surface area contributed by atoms with E-state index in [2.05, 4.69) is 16.9 Å². The maximum Gasteiger partial charge on any atom is 0.241 e. The van der Waals surface area contributed by atoms with Crippen LogP contribution in [-0.4, -0.2) is 44.0 Å². The molecular formula is C16H16N2O5S2. The first-order valence-corrected chi connectivity index (χ1v) is 10.1. The van der Waals surface area contributed by atoms with E-state index in [1.165, 1.54) is 17.4 Å². The van der Waals surface area contributed by atoms with E-state index < -0.39 is 21.5 Å². The molecular weight excluding hydrogens is 364 g/mol. The number of thiazole rings is 1. The molecule has 0 atom stereocenters. The SMILES string of the molecule is C=CCS(=O)(=O)CC(=O)Nc1nc(-c2ccc3c(c2)OCCO3)cs1. The van der Waals surface area contributed by atoms with Crippen LogP contribution in [0.5, 0.6) is 11.5 Å². The summed E-state index contributed by atoms with van der Waals surface area (Å²) < 4.78 is 34.3. The molecule has 0 saturated heterocycles. The predicted molar refractivity (Wildman–Crippen MR) is 96.0 cm³/mol.